The first-order valence-electron chi connectivity index (χ1n) is 17.4. The van der Waals surface area contributed by atoms with Crippen LogP contribution in [0.1, 0.15) is 167 Å². The van der Waals surface area contributed by atoms with Crippen LogP contribution < -0.4 is 5.11 Å². The van der Waals surface area contributed by atoms with Gasteiger partial charge in [0.05, 0.1) is 26.2 Å². The zero-order chi connectivity index (χ0) is 31.2. The van der Waals surface area contributed by atoms with Crippen molar-refractivity contribution in [3.8, 4) is 0 Å². The third-order valence-corrected chi connectivity index (χ3v) is 8.45. The van der Waals surface area contributed by atoms with Gasteiger partial charge in [-0.05, 0) is 83.5 Å². The lowest BCUT2D eigenvalue weighted by Crippen LogP contribution is -2.51. The van der Waals surface area contributed by atoms with E-state index in [1.807, 2.05) is 0 Å². The highest BCUT2D eigenvalue weighted by Crippen LogP contribution is 2.20. The Bertz CT molecular complexity index is 638. The molecule has 0 saturated heterocycles. The summed E-state index contributed by atoms with van der Waals surface area (Å²) in [6, 6.07) is 0. The van der Waals surface area contributed by atoms with Gasteiger partial charge in [0.1, 0.15) is 0 Å². The molecule has 7 nitrogen and oxygen atoms in total. The van der Waals surface area contributed by atoms with Crippen LogP contribution in [-0.4, -0.2) is 58.8 Å². The van der Waals surface area contributed by atoms with E-state index in [9.17, 15) is 19.5 Å². The third-order valence-electron chi connectivity index (χ3n) is 8.45. The minimum atomic E-state index is -1.02. The molecule has 0 bridgehead atoms. The van der Waals surface area contributed by atoms with Crippen molar-refractivity contribution in [2.75, 3.05) is 26.2 Å². The number of hydrogen-bond acceptors (Lipinski definition) is 4. The Labute approximate surface area is 257 Å². The molecule has 0 rings (SSSR count). The van der Waals surface area contributed by atoms with Gasteiger partial charge in [0.2, 0.25) is 0 Å². The standard InChI is InChI=1S/C35H65NO6/c1-2-3-4-5-6-7-8-9-10-11-12-13-14-15-16-17-18-22-29-36(30-23-19-26-33(37)38,31-24-20-27-34(39)40)32-25-21-28-35(41)42/h8-9H,2-7,10-32H2,1H3,(H2-,37,38,39,40,41,42)/b9-8+. The molecule has 246 valence electrons. The summed E-state index contributed by atoms with van der Waals surface area (Å²) in [5, 5.41) is 29.0. The van der Waals surface area contributed by atoms with Crippen molar-refractivity contribution in [2.24, 2.45) is 0 Å². The topological polar surface area (TPSA) is 115 Å². The number of carboxylic acid groups (broad SMARTS) is 3. The molecule has 0 aliphatic heterocycles. The van der Waals surface area contributed by atoms with Crippen LogP contribution in [0, 0.1) is 0 Å². The fourth-order valence-electron chi connectivity index (χ4n) is 5.88. The van der Waals surface area contributed by atoms with Gasteiger partial charge < -0.3 is 24.6 Å². The van der Waals surface area contributed by atoms with Crippen LogP contribution >= 0.6 is 0 Å². The molecular weight excluding hydrogens is 530 g/mol. The first kappa shape index (κ1) is 40.1. The number of aliphatic carboxylic acids is 3. The summed E-state index contributed by atoms with van der Waals surface area (Å²) in [6.07, 6.45) is 30.0. The smallest absolute Gasteiger partial charge is 0.303 e. The van der Waals surface area contributed by atoms with E-state index in [1.165, 1.54) is 96.3 Å². The van der Waals surface area contributed by atoms with Crippen molar-refractivity contribution in [3.63, 3.8) is 0 Å². The maximum absolute atomic E-state index is 11.0. The Morgan fingerprint density at radius 1 is 0.500 bits per heavy atom. The van der Waals surface area contributed by atoms with Crippen molar-refractivity contribution in [1.82, 2.24) is 0 Å². The van der Waals surface area contributed by atoms with Crippen molar-refractivity contribution in [2.45, 2.75) is 167 Å². The van der Waals surface area contributed by atoms with Gasteiger partial charge >= 0.3 is 11.9 Å². The van der Waals surface area contributed by atoms with Gasteiger partial charge in [0.15, 0.2) is 0 Å². The van der Waals surface area contributed by atoms with Crippen LogP contribution in [0.3, 0.4) is 0 Å². The van der Waals surface area contributed by atoms with Crippen molar-refractivity contribution < 1.29 is 34.2 Å². The number of unbranched alkanes of at least 4 members (excludes halogenated alkanes) is 17. The molecule has 0 spiro atoms. The first-order valence-corrected chi connectivity index (χ1v) is 17.4. The average Bonchev–Trinajstić information content (AvgIpc) is 2.94. The number of carboxylic acids is 3. The van der Waals surface area contributed by atoms with Crippen LogP contribution in [-0.2, 0) is 14.4 Å². The number of allylic oxidation sites excluding steroid dienone is 2. The molecule has 0 aromatic carbocycles. The van der Waals surface area contributed by atoms with Crippen molar-refractivity contribution >= 4 is 17.9 Å². The highest BCUT2D eigenvalue weighted by molar-refractivity contribution is 5.66. The summed E-state index contributed by atoms with van der Waals surface area (Å²) >= 11 is 0. The SMILES string of the molecule is CCCCCCC/C=C/CCCCCCCCCCC[N+](CCCCC(=O)[O-])(CCCCC(=O)O)CCCCC(=O)O. The second-order valence-electron chi connectivity index (χ2n) is 12.4. The van der Waals surface area contributed by atoms with Crippen LogP contribution in [0.5, 0.6) is 0 Å². The van der Waals surface area contributed by atoms with Gasteiger partial charge in [-0.3, -0.25) is 9.59 Å². The van der Waals surface area contributed by atoms with Gasteiger partial charge in [-0.25, -0.2) is 0 Å². The van der Waals surface area contributed by atoms with Crippen LogP contribution in [0.25, 0.3) is 0 Å². The summed E-state index contributed by atoms with van der Waals surface area (Å²) in [6.45, 7) is 5.87. The van der Waals surface area contributed by atoms with E-state index in [0.29, 0.717) is 19.3 Å². The fourth-order valence-corrected chi connectivity index (χ4v) is 5.88. The summed E-state index contributed by atoms with van der Waals surface area (Å²) in [4.78, 5) is 32.9. The number of carbonyl (C=O) groups is 3. The molecule has 0 amide bonds. The Balaban J connectivity index is 4.35. The van der Waals surface area contributed by atoms with E-state index in [2.05, 4.69) is 19.1 Å². The van der Waals surface area contributed by atoms with Gasteiger partial charge in [0.25, 0.3) is 0 Å². The lowest BCUT2D eigenvalue weighted by atomic mass is 10.0. The minimum Gasteiger partial charge on any atom is -0.550 e. The first-order chi connectivity index (χ1) is 20.3. The molecule has 42 heavy (non-hydrogen) atoms. The minimum absolute atomic E-state index is 0.0634. The second-order valence-corrected chi connectivity index (χ2v) is 12.4. The lowest BCUT2D eigenvalue weighted by molar-refractivity contribution is -0.929. The summed E-state index contributed by atoms with van der Waals surface area (Å²) in [5.41, 5.74) is 0. The predicted octanol–water partition coefficient (Wildman–Crippen LogP) is 8.05. The number of carbonyl (C=O) groups excluding carboxylic acids is 1. The predicted molar refractivity (Wildman–Crippen MR) is 170 cm³/mol. The normalized spacial score (nSPS) is 11.8. The Morgan fingerprint density at radius 3 is 1.21 bits per heavy atom. The van der Waals surface area contributed by atoms with Gasteiger partial charge in [0, 0.05) is 18.8 Å². The van der Waals surface area contributed by atoms with E-state index >= 15 is 0 Å². The van der Waals surface area contributed by atoms with Crippen LogP contribution in [0.2, 0.25) is 0 Å². The van der Waals surface area contributed by atoms with Crippen molar-refractivity contribution in [3.05, 3.63) is 12.2 Å². The summed E-state index contributed by atoms with van der Waals surface area (Å²) in [5.74, 6) is -2.57. The van der Waals surface area contributed by atoms with E-state index in [-0.39, 0.29) is 19.3 Å². The molecule has 0 atom stereocenters. The van der Waals surface area contributed by atoms with E-state index in [0.717, 1.165) is 56.3 Å². The second kappa shape index (κ2) is 29.2. The summed E-state index contributed by atoms with van der Waals surface area (Å²) in [7, 11) is 0. The maximum Gasteiger partial charge on any atom is 0.303 e. The maximum atomic E-state index is 11.0. The Hall–Kier alpha value is -1.89. The monoisotopic (exact) mass is 595 g/mol. The van der Waals surface area contributed by atoms with Crippen LogP contribution in [0.15, 0.2) is 12.2 Å². The highest BCUT2D eigenvalue weighted by Gasteiger charge is 2.26. The molecule has 2 N–H and O–H groups in total. The number of nitrogens with zero attached hydrogens (tertiary/aromatic N) is 1. The van der Waals surface area contributed by atoms with Gasteiger partial charge in [-0.15, -0.1) is 0 Å². The quantitative estimate of drug-likeness (QED) is 0.0451. The van der Waals surface area contributed by atoms with Gasteiger partial charge in [-0.1, -0.05) is 83.3 Å². The molecule has 0 aliphatic carbocycles. The molecule has 0 unspecified atom stereocenters. The lowest BCUT2D eigenvalue weighted by Gasteiger charge is -2.39. The zero-order valence-electron chi connectivity index (χ0n) is 27.1. The molecule has 0 fully saturated rings. The van der Waals surface area contributed by atoms with Crippen molar-refractivity contribution in [1.29, 1.82) is 0 Å². The van der Waals surface area contributed by atoms with Crippen LogP contribution in [0.4, 0.5) is 0 Å². The molecule has 0 aliphatic rings. The Kier molecular flexibility index (Phi) is 27.9. The number of rotatable bonds is 33. The van der Waals surface area contributed by atoms with E-state index in [4.69, 9.17) is 10.2 Å². The largest absolute Gasteiger partial charge is 0.550 e. The van der Waals surface area contributed by atoms with E-state index < -0.39 is 17.9 Å². The third kappa shape index (κ3) is 28.2. The molecule has 7 heteroatoms. The molecule has 0 radical (unpaired) electrons. The molecular formula is C35H65NO6. The average molecular weight is 596 g/mol. The highest BCUT2D eigenvalue weighted by atomic mass is 16.4. The zero-order valence-corrected chi connectivity index (χ0v) is 27.1. The van der Waals surface area contributed by atoms with E-state index in [1.54, 1.807) is 0 Å². The summed E-state index contributed by atoms with van der Waals surface area (Å²) < 4.78 is 0.847. The molecule has 0 saturated carbocycles. The Morgan fingerprint density at radius 2 is 0.833 bits per heavy atom. The number of quaternary nitrogens is 1. The molecule has 0 aromatic rings. The molecule has 0 aromatic heterocycles. The molecule has 0 heterocycles. The van der Waals surface area contributed by atoms with Gasteiger partial charge in [-0.2, -0.15) is 0 Å². The fraction of sp³-hybridized carbons (Fsp3) is 0.857. The number of hydrogen-bond donors (Lipinski definition) is 2.